The Morgan fingerprint density at radius 1 is 1.05 bits per heavy atom. The van der Waals surface area contributed by atoms with Crippen LogP contribution in [0.3, 0.4) is 0 Å². The van der Waals surface area contributed by atoms with Gasteiger partial charge in [-0.15, -0.1) is 0 Å². The third-order valence-corrected chi connectivity index (χ3v) is 3.68. The van der Waals surface area contributed by atoms with E-state index in [0.29, 0.717) is 6.04 Å². The summed E-state index contributed by atoms with van der Waals surface area (Å²) in [5, 5.41) is 3.50. The molecule has 0 heterocycles. The monoisotopic (exact) mass is 283 g/mol. The lowest BCUT2D eigenvalue weighted by Crippen LogP contribution is -2.19. The van der Waals surface area contributed by atoms with Crippen LogP contribution in [0.2, 0.25) is 0 Å². The molecular formula is C19H25NO. The highest BCUT2D eigenvalue weighted by atomic mass is 16.5. The minimum absolute atomic E-state index is 0.387. The van der Waals surface area contributed by atoms with Gasteiger partial charge >= 0.3 is 0 Å². The van der Waals surface area contributed by atoms with E-state index in [9.17, 15) is 0 Å². The van der Waals surface area contributed by atoms with Crippen LogP contribution >= 0.6 is 0 Å². The summed E-state index contributed by atoms with van der Waals surface area (Å²) >= 11 is 0. The second-order valence-corrected chi connectivity index (χ2v) is 5.46. The van der Waals surface area contributed by atoms with Crippen LogP contribution in [0.25, 0.3) is 0 Å². The predicted molar refractivity (Wildman–Crippen MR) is 89.1 cm³/mol. The molecule has 0 spiro atoms. The first-order valence-corrected chi connectivity index (χ1v) is 7.72. The molecular weight excluding hydrogens is 258 g/mol. The van der Waals surface area contributed by atoms with Crippen LogP contribution in [0.5, 0.6) is 11.5 Å². The molecule has 2 nitrogen and oxygen atoms in total. The minimum atomic E-state index is 0.387. The summed E-state index contributed by atoms with van der Waals surface area (Å²) in [4.78, 5) is 0. The van der Waals surface area contributed by atoms with Gasteiger partial charge in [0.2, 0.25) is 0 Å². The van der Waals surface area contributed by atoms with Crippen molar-refractivity contribution in [2.75, 3.05) is 6.54 Å². The third kappa shape index (κ3) is 4.08. The Morgan fingerprint density at radius 2 is 1.86 bits per heavy atom. The fourth-order valence-electron chi connectivity index (χ4n) is 2.58. The number of aryl methyl sites for hydroxylation is 2. The smallest absolute Gasteiger partial charge is 0.130 e. The highest BCUT2D eigenvalue weighted by molar-refractivity contribution is 5.40. The molecule has 1 N–H and O–H groups in total. The van der Waals surface area contributed by atoms with Crippen LogP contribution in [-0.2, 0) is 0 Å². The topological polar surface area (TPSA) is 21.3 Å². The summed E-state index contributed by atoms with van der Waals surface area (Å²) in [7, 11) is 0. The van der Waals surface area contributed by atoms with Gasteiger partial charge in [0.15, 0.2) is 0 Å². The van der Waals surface area contributed by atoms with E-state index in [1.165, 1.54) is 16.7 Å². The Kier molecular flexibility index (Phi) is 5.40. The van der Waals surface area contributed by atoms with E-state index in [1.807, 2.05) is 12.1 Å². The van der Waals surface area contributed by atoms with E-state index >= 15 is 0 Å². The molecule has 2 rings (SSSR count). The lowest BCUT2D eigenvalue weighted by Gasteiger charge is -2.17. The van der Waals surface area contributed by atoms with Crippen molar-refractivity contribution in [3.63, 3.8) is 0 Å². The lowest BCUT2D eigenvalue weighted by molar-refractivity contribution is 0.474. The van der Waals surface area contributed by atoms with Crippen molar-refractivity contribution in [3.05, 3.63) is 59.2 Å². The van der Waals surface area contributed by atoms with Crippen molar-refractivity contribution in [1.82, 2.24) is 5.32 Å². The van der Waals surface area contributed by atoms with Crippen LogP contribution in [0, 0.1) is 13.8 Å². The molecule has 1 unspecified atom stereocenters. The fraction of sp³-hybridized carbons (Fsp3) is 0.368. The first kappa shape index (κ1) is 15.6. The molecule has 0 saturated carbocycles. The molecule has 1 atom stereocenters. The molecule has 0 amide bonds. The number of ether oxygens (including phenoxy) is 1. The SMILES string of the molecule is CCNC(CC)c1cccc(Oc2ccc(C)cc2C)c1. The van der Waals surface area contributed by atoms with E-state index in [-0.39, 0.29) is 0 Å². The van der Waals surface area contributed by atoms with E-state index in [0.717, 1.165) is 24.5 Å². The second kappa shape index (κ2) is 7.28. The first-order chi connectivity index (χ1) is 10.1. The van der Waals surface area contributed by atoms with Gasteiger partial charge in [-0.3, -0.25) is 0 Å². The van der Waals surface area contributed by atoms with E-state index in [2.05, 4.69) is 63.3 Å². The largest absolute Gasteiger partial charge is 0.457 e. The van der Waals surface area contributed by atoms with Crippen molar-refractivity contribution in [2.24, 2.45) is 0 Å². The van der Waals surface area contributed by atoms with Crippen molar-refractivity contribution >= 4 is 0 Å². The highest BCUT2D eigenvalue weighted by Gasteiger charge is 2.09. The van der Waals surface area contributed by atoms with Gasteiger partial charge in [0.05, 0.1) is 0 Å². The average Bonchev–Trinajstić information content (AvgIpc) is 2.48. The molecule has 21 heavy (non-hydrogen) atoms. The Morgan fingerprint density at radius 3 is 2.52 bits per heavy atom. The van der Waals surface area contributed by atoms with Gasteiger partial charge in [0, 0.05) is 6.04 Å². The summed E-state index contributed by atoms with van der Waals surface area (Å²) in [5.41, 5.74) is 3.70. The molecule has 2 aromatic rings. The molecule has 0 aliphatic heterocycles. The number of rotatable bonds is 6. The number of nitrogens with one attached hydrogen (secondary N) is 1. The quantitative estimate of drug-likeness (QED) is 0.791. The summed E-state index contributed by atoms with van der Waals surface area (Å²) < 4.78 is 6.05. The summed E-state index contributed by atoms with van der Waals surface area (Å²) in [6.45, 7) is 9.49. The molecule has 0 radical (unpaired) electrons. The van der Waals surface area contributed by atoms with E-state index in [1.54, 1.807) is 0 Å². The fourth-order valence-corrected chi connectivity index (χ4v) is 2.58. The second-order valence-electron chi connectivity index (χ2n) is 5.46. The molecule has 0 aromatic heterocycles. The molecule has 112 valence electrons. The van der Waals surface area contributed by atoms with E-state index < -0.39 is 0 Å². The van der Waals surface area contributed by atoms with Crippen molar-refractivity contribution in [1.29, 1.82) is 0 Å². The molecule has 0 bridgehead atoms. The Bertz CT molecular complexity index is 592. The normalized spacial score (nSPS) is 12.2. The average molecular weight is 283 g/mol. The van der Waals surface area contributed by atoms with Gasteiger partial charge in [-0.05, 0) is 56.1 Å². The Labute approximate surface area is 128 Å². The Balaban J connectivity index is 2.21. The number of benzene rings is 2. The van der Waals surface area contributed by atoms with Crippen molar-refractivity contribution in [3.8, 4) is 11.5 Å². The minimum Gasteiger partial charge on any atom is -0.457 e. The van der Waals surface area contributed by atoms with Crippen molar-refractivity contribution in [2.45, 2.75) is 40.2 Å². The van der Waals surface area contributed by atoms with Crippen molar-refractivity contribution < 1.29 is 4.74 Å². The van der Waals surface area contributed by atoms with Gasteiger partial charge in [0.1, 0.15) is 11.5 Å². The maximum absolute atomic E-state index is 6.05. The van der Waals surface area contributed by atoms with E-state index in [4.69, 9.17) is 4.74 Å². The maximum atomic E-state index is 6.05. The zero-order chi connectivity index (χ0) is 15.2. The summed E-state index contributed by atoms with van der Waals surface area (Å²) in [5.74, 6) is 1.82. The number of hydrogen-bond acceptors (Lipinski definition) is 2. The molecule has 0 aliphatic rings. The molecule has 2 heteroatoms. The van der Waals surface area contributed by atoms with Gasteiger partial charge in [0.25, 0.3) is 0 Å². The zero-order valence-electron chi connectivity index (χ0n) is 13.4. The molecule has 2 aromatic carbocycles. The first-order valence-electron chi connectivity index (χ1n) is 7.72. The predicted octanol–water partition coefficient (Wildman–Crippen LogP) is 5.16. The lowest BCUT2D eigenvalue weighted by atomic mass is 10.0. The van der Waals surface area contributed by atoms with Crippen LogP contribution in [0.4, 0.5) is 0 Å². The molecule has 0 aliphatic carbocycles. The van der Waals surface area contributed by atoms with Gasteiger partial charge in [-0.1, -0.05) is 43.7 Å². The van der Waals surface area contributed by atoms with Gasteiger partial charge in [-0.2, -0.15) is 0 Å². The van der Waals surface area contributed by atoms with Crippen LogP contribution in [0.1, 0.15) is 43.0 Å². The molecule has 0 fully saturated rings. The molecule has 0 saturated heterocycles. The maximum Gasteiger partial charge on any atom is 0.130 e. The number of hydrogen-bond donors (Lipinski definition) is 1. The Hall–Kier alpha value is -1.80. The van der Waals surface area contributed by atoms with Crippen LogP contribution in [0.15, 0.2) is 42.5 Å². The highest BCUT2D eigenvalue weighted by Crippen LogP contribution is 2.28. The summed E-state index contributed by atoms with van der Waals surface area (Å²) in [6.07, 6.45) is 1.07. The summed E-state index contributed by atoms with van der Waals surface area (Å²) in [6, 6.07) is 15.0. The zero-order valence-corrected chi connectivity index (χ0v) is 13.4. The van der Waals surface area contributed by atoms with Gasteiger partial charge < -0.3 is 10.1 Å². The van der Waals surface area contributed by atoms with Crippen LogP contribution in [-0.4, -0.2) is 6.54 Å². The standard InChI is InChI=1S/C19H25NO/c1-5-18(20-6-2)16-8-7-9-17(13-16)21-19-11-10-14(3)12-15(19)4/h7-13,18,20H,5-6H2,1-4H3. The van der Waals surface area contributed by atoms with Gasteiger partial charge in [-0.25, -0.2) is 0 Å². The van der Waals surface area contributed by atoms with Crippen LogP contribution < -0.4 is 10.1 Å². The third-order valence-electron chi connectivity index (χ3n) is 3.68.